The molecule has 0 spiro atoms. The predicted molar refractivity (Wildman–Crippen MR) is 81.8 cm³/mol. The van der Waals surface area contributed by atoms with Gasteiger partial charge in [-0.2, -0.15) is 11.3 Å². The van der Waals surface area contributed by atoms with Gasteiger partial charge in [-0.25, -0.2) is 0 Å². The van der Waals surface area contributed by atoms with E-state index in [1.165, 1.54) is 5.56 Å². The standard InChI is InChI=1S/C15H24N2O2S/c1-4-19-12-9-15(16,14(12,2)3)13(18)17-7-5-11-6-8-20-10-11/h6,8,10,12H,4-5,7,9,16H2,1-3H3,(H,17,18). The molecular formula is C15H24N2O2S. The van der Waals surface area contributed by atoms with Crippen molar-refractivity contribution >= 4 is 17.2 Å². The van der Waals surface area contributed by atoms with Crippen LogP contribution >= 0.6 is 11.3 Å². The quantitative estimate of drug-likeness (QED) is 0.843. The SMILES string of the molecule is CCOC1CC(N)(C(=O)NCCc2ccsc2)C1(C)C. The second-order valence-electron chi connectivity index (χ2n) is 5.98. The number of hydrogen-bond donors (Lipinski definition) is 2. The van der Waals surface area contributed by atoms with Gasteiger partial charge in [0.2, 0.25) is 5.91 Å². The first-order valence-corrected chi connectivity index (χ1v) is 8.06. The molecule has 20 heavy (non-hydrogen) atoms. The molecule has 1 aliphatic rings. The Morgan fingerprint density at radius 3 is 2.90 bits per heavy atom. The normalized spacial score (nSPS) is 27.9. The van der Waals surface area contributed by atoms with Gasteiger partial charge in [-0.1, -0.05) is 13.8 Å². The molecule has 1 amide bonds. The van der Waals surface area contributed by atoms with Crippen molar-refractivity contribution in [1.29, 1.82) is 0 Å². The average molecular weight is 296 g/mol. The Balaban J connectivity index is 1.86. The van der Waals surface area contributed by atoms with E-state index < -0.39 is 5.54 Å². The molecule has 1 aromatic heterocycles. The highest BCUT2D eigenvalue weighted by Gasteiger charge is 2.62. The van der Waals surface area contributed by atoms with Gasteiger partial charge in [0.05, 0.1) is 6.10 Å². The lowest BCUT2D eigenvalue weighted by molar-refractivity contribution is -0.170. The van der Waals surface area contributed by atoms with E-state index in [0.29, 0.717) is 19.6 Å². The summed E-state index contributed by atoms with van der Waals surface area (Å²) >= 11 is 1.67. The van der Waals surface area contributed by atoms with Gasteiger partial charge in [-0.3, -0.25) is 4.79 Å². The van der Waals surface area contributed by atoms with E-state index in [2.05, 4.69) is 16.8 Å². The molecule has 2 unspecified atom stereocenters. The molecule has 4 nitrogen and oxygen atoms in total. The smallest absolute Gasteiger partial charge is 0.240 e. The lowest BCUT2D eigenvalue weighted by Crippen LogP contribution is -2.75. The van der Waals surface area contributed by atoms with Crippen molar-refractivity contribution in [2.24, 2.45) is 11.1 Å². The van der Waals surface area contributed by atoms with Crippen LogP contribution in [0.15, 0.2) is 16.8 Å². The molecule has 0 saturated heterocycles. The Morgan fingerprint density at radius 1 is 1.60 bits per heavy atom. The van der Waals surface area contributed by atoms with Crippen LogP contribution in [0.25, 0.3) is 0 Å². The molecule has 0 aliphatic heterocycles. The van der Waals surface area contributed by atoms with Crippen LogP contribution in [0.5, 0.6) is 0 Å². The topological polar surface area (TPSA) is 64.3 Å². The van der Waals surface area contributed by atoms with Crippen LogP contribution in [0.2, 0.25) is 0 Å². The summed E-state index contributed by atoms with van der Waals surface area (Å²) in [5.41, 5.74) is 6.42. The van der Waals surface area contributed by atoms with Gasteiger partial charge >= 0.3 is 0 Å². The summed E-state index contributed by atoms with van der Waals surface area (Å²) in [5.74, 6) is -0.0614. The fourth-order valence-corrected chi connectivity index (χ4v) is 3.44. The average Bonchev–Trinajstić information content (AvgIpc) is 2.91. The molecule has 3 N–H and O–H groups in total. The molecule has 0 bridgehead atoms. The zero-order chi connectivity index (χ0) is 14.8. The Kier molecular flexibility index (Phi) is 4.52. The van der Waals surface area contributed by atoms with Crippen molar-refractivity contribution in [1.82, 2.24) is 5.32 Å². The maximum atomic E-state index is 12.4. The molecular weight excluding hydrogens is 272 g/mol. The summed E-state index contributed by atoms with van der Waals surface area (Å²) in [6, 6.07) is 2.08. The number of ether oxygens (including phenoxy) is 1. The van der Waals surface area contributed by atoms with Crippen LogP contribution in [0.3, 0.4) is 0 Å². The molecule has 1 aliphatic carbocycles. The largest absolute Gasteiger partial charge is 0.378 e. The lowest BCUT2D eigenvalue weighted by Gasteiger charge is -2.57. The van der Waals surface area contributed by atoms with Crippen LogP contribution in [-0.2, 0) is 16.0 Å². The summed E-state index contributed by atoms with van der Waals surface area (Å²) in [6.45, 7) is 7.27. The second-order valence-corrected chi connectivity index (χ2v) is 6.76. The zero-order valence-corrected chi connectivity index (χ0v) is 13.3. The highest BCUT2D eigenvalue weighted by Crippen LogP contribution is 2.49. The maximum absolute atomic E-state index is 12.4. The highest BCUT2D eigenvalue weighted by atomic mass is 32.1. The van der Waals surface area contributed by atoms with Crippen molar-refractivity contribution in [3.8, 4) is 0 Å². The molecule has 0 aromatic carbocycles. The van der Waals surface area contributed by atoms with Crippen LogP contribution in [0.1, 0.15) is 32.8 Å². The van der Waals surface area contributed by atoms with Gasteiger partial charge in [-0.15, -0.1) is 0 Å². The molecule has 2 rings (SSSR count). The number of amides is 1. The number of nitrogens with two attached hydrogens (primary N) is 1. The Labute approximate surface area is 124 Å². The summed E-state index contributed by atoms with van der Waals surface area (Å²) in [6.07, 6.45) is 1.51. The Hall–Kier alpha value is -0.910. The fourth-order valence-electron chi connectivity index (χ4n) is 2.73. The number of thiophene rings is 1. The molecule has 1 aromatic rings. The first kappa shape index (κ1) is 15.5. The van der Waals surface area contributed by atoms with Crippen LogP contribution in [0, 0.1) is 5.41 Å². The third-order valence-corrected chi connectivity index (χ3v) is 5.25. The third kappa shape index (κ3) is 2.62. The predicted octanol–water partition coefficient (Wildman–Crippen LogP) is 1.94. The van der Waals surface area contributed by atoms with Gasteiger partial charge in [0.1, 0.15) is 5.54 Å². The molecule has 2 atom stereocenters. The molecule has 5 heteroatoms. The van der Waals surface area contributed by atoms with Crippen molar-refractivity contribution < 1.29 is 9.53 Å². The van der Waals surface area contributed by atoms with E-state index in [0.717, 1.165) is 6.42 Å². The van der Waals surface area contributed by atoms with E-state index in [-0.39, 0.29) is 17.4 Å². The number of nitrogens with one attached hydrogen (secondary N) is 1. The van der Waals surface area contributed by atoms with Crippen LogP contribution < -0.4 is 11.1 Å². The van der Waals surface area contributed by atoms with Crippen LogP contribution in [0.4, 0.5) is 0 Å². The second kappa shape index (κ2) is 5.84. The third-order valence-electron chi connectivity index (χ3n) is 4.51. The van der Waals surface area contributed by atoms with Crippen molar-refractivity contribution in [2.45, 2.75) is 45.3 Å². The zero-order valence-electron chi connectivity index (χ0n) is 12.4. The molecule has 112 valence electrons. The monoisotopic (exact) mass is 296 g/mol. The van der Waals surface area contributed by atoms with Gasteiger partial charge < -0.3 is 15.8 Å². The molecule has 0 radical (unpaired) electrons. The number of carbonyl (C=O) groups is 1. The van der Waals surface area contributed by atoms with Gasteiger partial charge in [0.15, 0.2) is 0 Å². The van der Waals surface area contributed by atoms with E-state index in [1.807, 2.05) is 26.2 Å². The highest BCUT2D eigenvalue weighted by molar-refractivity contribution is 7.07. The minimum Gasteiger partial charge on any atom is -0.378 e. The lowest BCUT2D eigenvalue weighted by atomic mass is 9.54. The minimum absolute atomic E-state index is 0.0614. The maximum Gasteiger partial charge on any atom is 0.240 e. The van der Waals surface area contributed by atoms with Gasteiger partial charge in [0.25, 0.3) is 0 Å². The molecule has 1 saturated carbocycles. The van der Waals surface area contributed by atoms with E-state index >= 15 is 0 Å². The molecule has 1 heterocycles. The summed E-state index contributed by atoms with van der Waals surface area (Å²) in [4.78, 5) is 12.4. The first-order valence-electron chi connectivity index (χ1n) is 7.11. The Morgan fingerprint density at radius 2 is 2.35 bits per heavy atom. The number of hydrogen-bond acceptors (Lipinski definition) is 4. The number of carbonyl (C=O) groups excluding carboxylic acids is 1. The Bertz CT molecular complexity index is 458. The summed E-state index contributed by atoms with van der Waals surface area (Å²) < 4.78 is 5.64. The van der Waals surface area contributed by atoms with E-state index in [4.69, 9.17) is 10.5 Å². The van der Waals surface area contributed by atoms with Crippen molar-refractivity contribution in [3.05, 3.63) is 22.4 Å². The van der Waals surface area contributed by atoms with Crippen molar-refractivity contribution in [2.75, 3.05) is 13.2 Å². The van der Waals surface area contributed by atoms with Crippen molar-refractivity contribution in [3.63, 3.8) is 0 Å². The van der Waals surface area contributed by atoms with Crippen LogP contribution in [-0.4, -0.2) is 30.7 Å². The minimum atomic E-state index is -0.818. The van der Waals surface area contributed by atoms with Gasteiger partial charge in [-0.05, 0) is 35.7 Å². The van der Waals surface area contributed by atoms with E-state index in [1.54, 1.807) is 11.3 Å². The molecule has 1 fully saturated rings. The summed E-state index contributed by atoms with van der Waals surface area (Å²) in [5, 5.41) is 7.11. The van der Waals surface area contributed by atoms with E-state index in [9.17, 15) is 4.79 Å². The number of rotatable bonds is 6. The first-order chi connectivity index (χ1) is 9.41. The fraction of sp³-hybridized carbons (Fsp3) is 0.667. The van der Waals surface area contributed by atoms with Gasteiger partial charge in [0, 0.05) is 25.0 Å². The summed E-state index contributed by atoms with van der Waals surface area (Å²) in [7, 11) is 0.